The van der Waals surface area contributed by atoms with Crippen LogP contribution in [0, 0.1) is 13.8 Å². The van der Waals surface area contributed by atoms with Gasteiger partial charge in [-0.3, -0.25) is 9.59 Å². The highest BCUT2D eigenvalue weighted by molar-refractivity contribution is 8.00. The molecule has 0 aliphatic heterocycles. The van der Waals surface area contributed by atoms with Crippen LogP contribution >= 0.6 is 11.8 Å². The lowest BCUT2D eigenvalue weighted by molar-refractivity contribution is -0.113. The molecular formula is C26H26N4O2S. The van der Waals surface area contributed by atoms with Gasteiger partial charge in [-0.25, -0.2) is 4.98 Å². The highest BCUT2D eigenvalue weighted by Crippen LogP contribution is 2.23. The van der Waals surface area contributed by atoms with E-state index >= 15 is 0 Å². The number of anilines is 1. The maximum Gasteiger partial charge on any atom is 0.252 e. The minimum Gasteiger partial charge on any atom is -0.350 e. The molecule has 6 nitrogen and oxygen atoms in total. The second-order valence-electron chi connectivity index (χ2n) is 7.75. The zero-order chi connectivity index (χ0) is 23.2. The molecule has 0 spiro atoms. The van der Waals surface area contributed by atoms with Crippen LogP contribution in [0.1, 0.15) is 21.7 Å². The molecule has 0 fully saturated rings. The Morgan fingerprint density at radius 3 is 2.48 bits per heavy atom. The molecule has 4 aromatic rings. The van der Waals surface area contributed by atoms with Crippen LogP contribution in [0.3, 0.4) is 0 Å². The monoisotopic (exact) mass is 458 g/mol. The summed E-state index contributed by atoms with van der Waals surface area (Å²) in [7, 11) is 0. The SMILES string of the molecule is Cc1ccc(NC(=O)CSc2ccccc2C(=O)NCCn2c(C)nc3ccccc32)cc1. The number of hydrogen-bond donors (Lipinski definition) is 2. The van der Waals surface area contributed by atoms with Crippen molar-refractivity contribution in [2.24, 2.45) is 0 Å². The molecule has 0 atom stereocenters. The molecule has 7 heteroatoms. The van der Waals surface area contributed by atoms with Crippen molar-refractivity contribution in [2.75, 3.05) is 17.6 Å². The van der Waals surface area contributed by atoms with E-state index in [1.807, 2.05) is 80.6 Å². The van der Waals surface area contributed by atoms with Gasteiger partial charge >= 0.3 is 0 Å². The van der Waals surface area contributed by atoms with E-state index in [1.165, 1.54) is 11.8 Å². The van der Waals surface area contributed by atoms with Crippen molar-refractivity contribution in [3.05, 3.63) is 89.7 Å². The maximum absolute atomic E-state index is 12.9. The van der Waals surface area contributed by atoms with E-state index in [0.717, 1.165) is 33.0 Å². The fraction of sp³-hybridized carbons (Fsp3) is 0.192. The van der Waals surface area contributed by atoms with E-state index in [2.05, 4.69) is 20.2 Å². The summed E-state index contributed by atoms with van der Waals surface area (Å²) in [5, 5.41) is 5.89. The lowest BCUT2D eigenvalue weighted by Gasteiger charge is -2.11. The van der Waals surface area contributed by atoms with E-state index in [1.54, 1.807) is 6.07 Å². The van der Waals surface area contributed by atoms with Gasteiger partial charge in [-0.15, -0.1) is 11.8 Å². The number of carbonyl (C=O) groups excluding carboxylic acids is 2. The Morgan fingerprint density at radius 1 is 0.939 bits per heavy atom. The normalized spacial score (nSPS) is 10.8. The molecule has 2 N–H and O–H groups in total. The average Bonchev–Trinajstić information content (AvgIpc) is 3.14. The molecule has 0 aliphatic carbocycles. The van der Waals surface area contributed by atoms with Gasteiger partial charge in [0.05, 0.1) is 22.3 Å². The predicted molar refractivity (Wildman–Crippen MR) is 134 cm³/mol. The topological polar surface area (TPSA) is 76.0 Å². The number of thioether (sulfide) groups is 1. The van der Waals surface area contributed by atoms with E-state index in [9.17, 15) is 9.59 Å². The summed E-state index contributed by atoms with van der Waals surface area (Å²) in [6, 6.07) is 23.0. The molecule has 0 saturated heterocycles. The predicted octanol–water partition coefficient (Wildman–Crippen LogP) is 4.81. The fourth-order valence-corrected chi connectivity index (χ4v) is 4.46. The molecule has 1 heterocycles. The summed E-state index contributed by atoms with van der Waals surface area (Å²) in [6.07, 6.45) is 0. The average molecular weight is 459 g/mol. The van der Waals surface area contributed by atoms with Crippen LogP contribution in [0.25, 0.3) is 11.0 Å². The molecule has 0 saturated carbocycles. The molecule has 0 unspecified atom stereocenters. The van der Waals surface area contributed by atoms with Crippen molar-refractivity contribution in [1.29, 1.82) is 0 Å². The van der Waals surface area contributed by atoms with Crippen LogP contribution in [0.2, 0.25) is 0 Å². The van der Waals surface area contributed by atoms with E-state index in [-0.39, 0.29) is 17.6 Å². The van der Waals surface area contributed by atoms with Crippen LogP contribution in [0.5, 0.6) is 0 Å². The van der Waals surface area contributed by atoms with Gasteiger partial charge in [0.1, 0.15) is 5.82 Å². The van der Waals surface area contributed by atoms with Crippen molar-refractivity contribution >= 4 is 40.3 Å². The highest BCUT2D eigenvalue weighted by Gasteiger charge is 2.13. The molecule has 0 radical (unpaired) electrons. The van der Waals surface area contributed by atoms with Gasteiger partial charge in [-0.1, -0.05) is 42.0 Å². The Labute approximate surface area is 197 Å². The van der Waals surface area contributed by atoms with Gasteiger partial charge in [-0.05, 0) is 50.2 Å². The molecule has 2 amide bonds. The Morgan fingerprint density at radius 2 is 1.67 bits per heavy atom. The molecule has 168 valence electrons. The number of carbonyl (C=O) groups is 2. The number of benzene rings is 3. The van der Waals surface area contributed by atoms with Crippen LogP contribution in [-0.4, -0.2) is 33.7 Å². The lowest BCUT2D eigenvalue weighted by Crippen LogP contribution is -2.28. The van der Waals surface area contributed by atoms with Crippen molar-refractivity contribution in [2.45, 2.75) is 25.3 Å². The molecule has 3 aromatic carbocycles. The van der Waals surface area contributed by atoms with E-state index < -0.39 is 0 Å². The van der Waals surface area contributed by atoms with Gasteiger partial charge in [0.25, 0.3) is 5.91 Å². The smallest absolute Gasteiger partial charge is 0.252 e. The van der Waals surface area contributed by atoms with Gasteiger partial charge in [-0.2, -0.15) is 0 Å². The lowest BCUT2D eigenvalue weighted by atomic mass is 10.2. The first kappa shape index (κ1) is 22.6. The third kappa shape index (κ3) is 5.62. The number of aryl methyl sites for hydroxylation is 2. The van der Waals surface area contributed by atoms with Crippen molar-refractivity contribution in [3.8, 4) is 0 Å². The van der Waals surface area contributed by atoms with Gasteiger partial charge < -0.3 is 15.2 Å². The molecule has 0 aliphatic rings. The number of rotatable bonds is 8. The number of nitrogens with zero attached hydrogens (tertiary/aromatic N) is 2. The molecular weight excluding hydrogens is 432 g/mol. The zero-order valence-electron chi connectivity index (χ0n) is 18.7. The maximum atomic E-state index is 12.9. The minimum absolute atomic E-state index is 0.110. The van der Waals surface area contributed by atoms with E-state index in [0.29, 0.717) is 18.7 Å². The van der Waals surface area contributed by atoms with Crippen molar-refractivity contribution in [3.63, 3.8) is 0 Å². The molecule has 4 rings (SSSR count). The first-order valence-electron chi connectivity index (χ1n) is 10.8. The summed E-state index contributed by atoms with van der Waals surface area (Å²) in [5.41, 5.74) is 4.47. The summed E-state index contributed by atoms with van der Waals surface area (Å²) in [5.74, 6) is 0.875. The Bertz CT molecular complexity index is 1280. The molecule has 0 bridgehead atoms. The van der Waals surface area contributed by atoms with Crippen molar-refractivity contribution in [1.82, 2.24) is 14.9 Å². The Hall–Kier alpha value is -3.58. The van der Waals surface area contributed by atoms with Gasteiger partial charge in [0, 0.05) is 23.7 Å². The number of hydrogen-bond acceptors (Lipinski definition) is 4. The molecule has 1 aromatic heterocycles. The summed E-state index contributed by atoms with van der Waals surface area (Å²) >= 11 is 1.35. The Balaban J connectivity index is 1.34. The van der Waals surface area contributed by atoms with Crippen LogP contribution in [0.15, 0.2) is 77.7 Å². The number of fused-ring (bicyclic) bond motifs is 1. The number of amides is 2. The third-order valence-corrected chi connectivity index (χ3v) is 6.37. The zero-order valence-corrected chi connectivity index (χ0v) is 19.5. The second kappa shape index (κ2) is 10.4. The standard InChI is InChI=1S/C26H26N4O2S/c1-18-11-13-20(14-12-18)29-25(31)17-33-24-10-6-3-7-21(24)26(32)27-15-16-30-19(2)28-22-8-4-5-9-23(22)30/h3-14H,15-17H2,1-2H3,(H,27,32)(H,29,31). The quantitative estimate of drug-likeness (QED) is 0.372. The molecule has 33 heavy (non-hydrogen) atoms. The minimum atomic E-state index is -0.154. The van der Waals surface area contributed by atoms with Crippen LogP contribution < -0.4 is 10.6 Å². The number of aromatic nitrogens is 2. The number of para-hydroxylation sites is 2. The summed E-state index contributed by atoms with van der Waals surface area (Å²) in [4.78, 5) is 30.6. The highest BCUT2D eigenvalue weighted by atomic mass is 32.2. The van der Waals surface area contributed by atoms with Crippen LogP contribution in [-0.2, 0) is 11.3 Å². The number of nitrogens with one attached hydrogen (secondary N) is 2. The number of imidazole rings is 1. The Kier molecular flexibility index (Phi) is 7.10. The summed E-state index contributed by atoms with van der Waals surface area (Å²) < 4.78 is 2.10. The second-order valence-corrected chi connectivity index (χ2v) is 8.77. The van der Waals surface area contributed by atoms with E-state index in [4.69, 9.17) is 0 Å². The largest absolute Gasteiger partial charge is 0.350 e. The third-order valence-electron chi connectivity index (χ3n) is 5.29. The van der Waals surface area contributed by atoms with Gasteiger partial charge in [0.15, 0.2) is 0 Å². The first-order chi connectivity index (χ1) is 16.0. The van der Waals surface area contributed by atoms with Gasteiger partial charge in [0.2, 0.25) is 5.91 Å². The first-order valence-corrected chi connectivity index (χ1v) is 11.8. The van der Waals surface area contributed by atoms with Crippen molar-refractivity contribution < 1.29 is 9.59 Å². The summed E-state index contributed by atoms with van der Waals surface area (Å²) in [6.45, 7) is 5.08. The fourth-order valence-electron chi connectivity index (χ4n) is 3.61. The van der Waals surface area contributed by atoms with Crippen LogP contribution in [0.4, 0.5) is 5.69 Å².